The first-order chi connectivity index (χ1) is 13.5. The van der Waals surface area contributed by atoms with Gasteiger partial charge in [0.1, 0.15) is 0 Å². The summed E-state index contributed by atoms with van der Waals surface area (Å²) in [6, 6.07) is 18.0. The highest BCUT2D eigenvalue weighted by Crippen LogP contribution is 2.21. The third-order valence-corrected chi connectivity index (χ3v) is 5.23. The molecular weight excluding hydrogens is 348 g/mol. The van der Waals surface area contributed by atoms with E-state index in [1.165, 1.54) is 22.3 Å². The van der Waals surface area contributed by atoms with Crippen LogP contribution in [0, 0.1) is 13.8 Å². The Balaban J connectivity index is 0.000000161. The van der Waals surface area contributed by atoms with Crippen LogP contribution in [0.2, 0.25) is 0 Å². The van der Waals surface area contributed by atoms with Crippen LogP contribution in [0.25, 0.3) is 0 Å². The SMILES string of the molecule is Cc1cccc(C2CN[C@@H](C)CO2)c1.Cc1cccc([C@@H]2CN[C@@H](C)CO2)c1. The highest BCUT2D eigenvalue weighted by molar-refractivity contribution is 5.25. The minimum Gasteiger partial charge on any atom is -0.371 e. The van der Waals surface area contributed by atoms with Gasteiger partial charge in [0.25, 0.3) is 0 Å². The van der Waals surface area contributed by atoms with Crippen molar-refractivity contribution in [3.8, 4) is 0 Å². The number of ether oxygens (including phenoxy) is 2. The maximum Gasteiger partial charge on any atom is 0.0950 e. The van der Waals surface area contributed by atoms with Crippen LogP contribution in [-0.4, -0.2) is 38.4 Å². The van der Waals surface area contributed by atoms with E-state index >= 15 is 0 Å². The molecule has 0 bridgehead atoms. The van der Waals surface area contributed by atoms with Gasteiger partial charge in [0.05, 0.1) is 25.4 Å². The van der Waals surface area contributed by atoms with Gasteiger partial charge in [-0.25, -0.2) is 0 Å². The molecule has 2 aliphatic heterocycles. The number of hydrogen-bond acceptors (Lipinski definition) is 4. The lowest BCUT2D eigenvalue weighted by Crippen LogP contribution is -2.40. The van der Waals surface area contributed by atoms with Crippen molar-refractivity contribution >= 4 is 0 Å². The first kappa shape index (κ1) is 21.0. The number of rotatable bonds is 2. The van der Waals surface area contributed by atoms with Crippen molar-refractivity contribution in [1.82, 2.24) is 10.6 Å². The minimum atomic E-state index is 0.228. The lowest BCUT2D eigenvalue weighted by molar-refractivity contribution is 0.00689. The van der Waals surface area contributed by atoms with Gasteiger partial charge >= 0.3 is 0 Å². The summed E-state index contributed by atoms with van der Waals surface area (Å²) >= 11 is 0. The summed E-state index contributed by atoms with van der Waals surface area (Å²) in [5.74, 6) is 0. The average molecular weight is 383 g/mol. The molecule has 0 saturated carbocycles. The van der Waals surface area contributed by atoms with E-state index in [4.69, 9.17) is 9.47 Å². The molecule has 0 radical (unpaired) electrons. The Labute approximate surface area is 169 Å². The van der Waals surface area contributed by atoms with E-state index in [-0.39, 0.29) is 12.2 Å². The Morgan fingerprint density at radius 2 is 1.14 bits per heavy atom. The van der Waals surface area contributed by atoms with Crippen molar-refractivity contribution in [3.05, 3.63) is 70.8 Å². The Morgan fingerprint density at radius 1 is 0.714 bits per heavy atom. The normalized spacial score (nSPS) is 27.6. The topological polar surface area (TPSA) is 42.5 Å². The van der Waals surface area contributed by atoms with Crippen LogP contribution in [0.1, 0.15) is 48.3 Å². The molecule has 4 nitrogen and oxygen atoms in total. The molecule has 0 spiro atoms. The summed E-state index contributed by atoms with van der Waals surface area (Å²) in [7, 11) is 0. The Morgan fingerprint density at radius 3 is 1.46 bits per heavy atom. The summed E-state index contributed by atoms with van der Waals surface area (Å²) in [6.45, 7) is 12.0. The number of aryl methyl sites for hydroxylation is 2. The summed E-state index contributed by atoms with van der Waals surface area (Å²) in [5.41, 5.74) is 5.16. The molecule has 0 aliphatic carbocycles. The molecule has 0 amide bonds. The second-order valence-electron chi connectivity index (χ2n) is 8.09. The van der Waals surface area contributed by atoms with Crippen molar-refractivity contribution in [1.29, 1.82) is 0 Å². The maximum absolute atomic E-state index is 5.77. The number of nitrogens with one attached hydrogen (secondary N) is 2. The smallest absolute Gasteiger partial charge is 0.0950 e. The van der Waals surface area contributed by atoms with E-state index in [1.807, 2.05) is 0 Å². The number of benzene rings is 2. The maximum atomic E-state index is 5.77. The van der Waals surface area contributed by atoms with Crippen molar-refractivity contribution in [2.75, 3.05) is 26.3 Å². The predicted octanol–water partition coefficient (Wildman–Crippen LogP) is 4.09. The van der Waals surface area contributed by atoms with E-state index in [0.717, 1.165) is 26.3 Å². The van der Waals surface area contributed by atoms with Crippen LogP contribution in [-0.2, 0) is 9.47 Å². The summed E-state index contributed by atoms with van der Waals surface area (Å²) in [4.78, 5) is 0. The van der Waals surface area contributed by atoms with Gasteiger partial charge in [-0.15, -0.1) is 0 Å². The first-order valence-corrected chi connectivity index (χ1v) is 10.3. The molecule has 2 aromatic carbocycles. The molecule has 4 heteroatoms. The molecule has 2 aromatic rings. The first-order valence-electron chi connectivity index (χ1n) is 10.3. The van der Waals surface area contributed by atoms with Gasteiger partial charge < -0.3 is 20.1 Å². The van der Waals surface area contributed by atoms with Gasteiger partial charge in [-0.05, 0) is 38.8 Å². The van der Waals surface area contributed by atoms with E-state index < -0.39 is 0 Å². The fourth-order valence-corrected chi connectivity index (χ4v) is 3.54. The molecule has 28 heavy (non-hydrogen) atoms. The zero-order valence-corrected chi connectivity index (χ0v) is 17.6. The number of morpholine rings is 2. The quantitative estimate of drug-likeness (QED) is 0.821. The molecule has 1 unspecified atom stereocenters. The zero-order valence-electron chi connectivity index (χ0n) is 17.6. The van der Waals surface area contributed by atoms with Gasteiger partial charge in [-0.1, -0.05) is 59.7 Å². The minimum absolute atomic E-state index is 0.228. The molecule has 4 atom stereocenters. The third-order valence-electron chi connectivity index (χ3n) is 5.23. The van der Waals surface area contributed by atoms with E-state index in [2.05, 4.69) is 86.9 Å². The monoisotopic (exact) mass is 382 g/mol. The summed E-state index contributed by atoms with van der Waals surface area (Å²) in [5, 5.41) is 6.85. The van der Waals surface area contributed by atoms with Crippen LogP contribution in [0.3, 0.4) is 0 Å². The molecule has 4 rings (SSSR count). The van der Waals surface area contributed by atoms with Gasteiger partial charge in [-0.3, -0.25) is 0 Å². The predicted molar refractivity (Wildman–Crippen MR) is 115 cm³/mol. The highest BCUT2D eigenvalue weighted by atomic mass is 16.5. The Kier molecular flexibility index (Phi) is 7.63. The molecule has 2 saturated heterocycles. The number of hydrogen-bond donors (Lipinski definition) is 2. The van der Waals surface area contributed by atoms with E-state index in [1.54, 1.807) is 0 Å². The standard InChI is InChI=1S/2C12H17NO/c2*1-9-4-3-5-11(6-9)12-7-13-10(2)8-14-12/h2*3-6,10,12-13H,7-8H2,1-2H3/t10-,12?;10-,12-/m00/s1. The fraction of sp³-hybridized carbons (Fsp3) is 0.500. The van der Waals surface area contributed by atoms with Crippen molar-refractivity contribution in [3.63, 3.8) is 0 Å². The summed E-state index contributed by atoms with van der Waals surface area (Å²) < 4.78 is 11.5. The molecule has 2 N–H and O–H groups in total. The van der Waals surface area contributed by atoms with E-state index in [9.17, 15) is 0 Å². The van der Waals surface area contributed by atoms with Crippen LogP contribution >= 0.6 is 0 Å². The van der Waals surface area contributed by atoms with Gasteiger partial charge in [0.2, 0.25) is 0 Å². The Bertz CT molecular complexity index is 669. The lowest BCUT2D eigenvalue weighted by atomic mass is 10.1. The molecule has 0 aromatic heterocycles. The van der Waals surface area contributed by atoms with Crippen LogP contribution in [0.15, 0.2) is 48.5 Å². The van der Waals surface area contributed by atoms with Crippen LogP contribution in [0.4, 0.5) is 0 Å². The van der Waals surface area contributed by atoms with Gasteiger partial charge in [0, 0.05) is 25.2 Å². The van der Waals surface area contributed by atoms with Gasteiger partial charge in [0.15, 0.2) is 0 Å². The molecular formula is C24H34N2O2. The van der Waals surface area contributed by atoms with Crippen molar-refractivity contribution < 1.29 is 9.47 Å². The molecule has 2 aliphatic rings. The molecule has 2 fully saturated rings. The lowest BCUT2D eigenvalue weighted by Gasteiger charge is -2.28. The van der Waals surface area contributed by atoms with Gasteiger partial charge in [-0.2, -0.15) is 0 Å². The Hall–Kier alpha value is -1.72. The highest BCUT2D eigenvalue weighted by Gasteiger charge is 2.20. The van der Waals surface area contributed by atoms with E-state index in [0.29, 0.717) is 12.1 Å². The second-order valence-corrected chi connectivity index (χ2v) is 8.09. The van der Waals surface area contributed by atoms with Crippen molar-refractivity contribution in [2.45, 2.75) is 52.0 Å². The second kappa shape index (κ2) is 10.2. The fourth-order valence-electron chi connectivity index (χ4n) is 3.54. The largest absolute Gasteiger partial charge is 0.371 e. The van der Waals surface area contributed by atoms with Crippen molar-refractivity contribution in [2.24, 2.45) is 0 Å². The average Bonchev–Trinajstić information content (AvgIpc) is 2.70. The molecule has 2 heterocycles. The zero-order chi connectivity index (χ0) is 19.9. The molecule has 152 valence electrons. The summed E-state index contributed by atoms with van der Waals surface area (Å²) in [6.07, 6.45) is 0.456. The third kappa shape index (κ3) is 6.14. The van der Waals surface area contributed by atoms with Crippen LogP contribution in [0.5, 0.6) is 0 Å². The van der Waals surface area contributed by atoms with Crippen LogP contribution < -0.4 is 10.6 Å².